The summed E-state index contributed by atoms with van der Waals surface area (Å²) >= 11 is 0. The average Bonchev–Trinajstić information content (AvgIpc) is 4.03. The van der Waals surface area contributed by atoms with Crippen molar-refractivity contribution >= 4 is 23.9 Å². The molecule has 2 aliphatic carbocycles. The highest BCUT2D eigenvalue weighted by Gasteiger charge is 2.22. The number of hydrogen-bond donors (Lipinski definition) is 2. The summed E-state index contributed by atoms with van der Waals surface area (Å²) in [6, 6.07) is 39.5. The summed E-state index contributed by atoms with van der Waals surface area (Å²) in [5.41, 5.74) is 20.5. The molecule has 0 fully saturated rings. The molecule has 3 heteroatoms. The first kappa shape index (κ1) is 50.9. The first-order chi connectivity index (χ1) is 29.0. The minimum Gasteiger partial charge on any atom is -0.356 e. The number of nitrogens with zero attached hydrogens (tertiary/aromatic N) is 1. The van der Waals surface area contributed by atoms with E-state index in [9.17, 15) is 0 Å². The van der Waals surface area contributed by atoms with Gasteiger partial charge in [-0.05, 0) is 95.1 Å². The lowest BCUT2D eigenvalue weighted by Gasteiger charge is -2.09. The molecule has 0 atom stereocenters. The Bertz CT molecular complexity index is 2010. The van der Waals surface area contributed by atoms with Gasteiger partial charge in [0.2, 0.25) is 0 Å². The molecule has 0 radical (unpaired) electrons. The number of nitrogens with one attached hydrogen (secondary N) is 1. The van der Waals surface area contributed by atoms with E-state index in [1.54, 1.807) is 6.08 Å². The zero-order valence-corrected chi connectivity index (χ0v) is 37.5. The Labute approximate surface area is 359 Å². The van der Waals surface area contributed by atoms with Crippen molar-refractivity contribution in [3.63, 3.8) is 0 Å². The number of aromatic nitrogens is 1. The third-order valence-electron chi connectivity index (χ3n) is 8.39. The van der Waals surface area contributed by atoms with Crippen LogP contribution in [0.2, 0.25) is 0 Å². The molecule has 0 bridgehead atoms. The van der Waals surface area contributed by atoms with Gasteiger partial charge in [0, 0.05) is 28.7 Å². The predicted molar refractivity (Wildman–Crippen MR) is 266 cm³/mol. The van der Waals surface area contributed by atoms with E-state index >= 15 is 0 Å². The number of anilines is 1. The maximum atomic E-state index is 4.50. The van der Waals surface area contributed by atoms with Crippen molar-refractivity contribution in [3.8, 4) is 5.69 Å². The van der Waals surface area contributed by atoms with Crippen molar-refractivity contribution < 1.29 is 0 Å². The molecule has 2 aliphatic rings. The summed E-state index contributed by atoms with van der Waals surface area (Å²) in [6.45, 7) is 20.1. The largest absolute Gasteiger partial charge is 0.356 e. The second-order valence-corrected chi connectivity index (χ2v) is 12.8. The molecule has 4 aromatic carbocycles. The zero-order chi connectivity index (χ0) is 43.5. The molecule has 0 unspecified atom stereocenters. The summed E-state index contributed by atoms with van der Waals surface area (Å²) in [7, 11) is 1.50. The molecule has 7 rings (SSSR count). The Morgan fingerprint density at radius 1 is 0.695 bits per heavy atom. The van der Waals surface area contributed by atoms with E-state index < -0.39 is 0 Å². The van der Waals surface area contributed by atoms with E-state index in [1.165, 1.54) is 58.4 Å². The van der Waals surface area contributed by atoms with Gasteiger partial charge in [0.1, 0.15) is 0 Å². The van der Waals surface area contributed by atoms with E-state index in [4.69, 9.17) is 0 Å². The fourth-order valence-electron chi connectivity index (χ4n) is 5.62. The molecule has 0 amide bonds. The van der Waals surface area contributed by atoms with Crippen LogP contribution in [0.5, 0.6) is 0 Å². The highest BCUT2D eigenvalue weighted by Crippen LogP contribution is 2.35. The number of rotatable bonds is 10. The van der Waals surface area contributed by atoms with E-state index in [0.717, 1.165) is 30.6 Å². The molecule has 0 spiro atoms. The van der Waals surface area contributed by atoms with E-state index in [0.29, 0.717) is 0 Å². The highest BCUT2D eigenvalue weighted by atomic mass is 15.0. The van der Waals surface area contributed by atoms with Crippen molar-refractivity contribution in [3.05, 3.63) is 227 Å². The van der Waals surface area contributed by atoms with Crippen LogP contribution < -0.4 is 11.1 Å². The lowest BCUT2D eigenvalue weighted by Crippen LogP contribution is -1.98. The lowest BCUT2D eigenvalue weighted by atomic mass is 10.1. The SMILES string of the molecule is C=C/C=C\C=C/C/C=C(\C=C\CCC)Nc1ccccc1.CC.CC.CN.Cc1ccc(-n2c3c(c4c2C=CC4)C=C=C3)cc1.Cc1ccccc1.Cc1ccccc1. The van der Waals surface area contributed by atoms with Gasteiger partial charge in [-0.3, -0.25) is 0 Å². The van der Waals surface area contributed by atoms with Gasteiger partial charge in [-0.15, -0.1) is 5.73 Å². The molecule has 3 N–H and O–H groups in total. The summed E-state index contributed by atoms with van der Waals surface area (Å²) in [5, 5.41) is 3.45. The van der Waals surface area contributed by atoms with Gasteiger partial charge in [-0.1, -0.05) is 204 Å². The summed E-state index contributed by atoms with van der Waals surface area (Å²) in [5.74, 6) is 0. The number of hydrogen-bond acceptors (Lipinski definition) is 2. The van der Waals surface area contributed by atoms with Crippen LogP contribution in [0.15, 0.2) is 188 Å². The monoisotopic (exact) mass is 786 g/mol. The number of aryl methyl sites for hydroxylation is 3. The van der Waals surface area contributed by atoms with Crippen LogP contribution in [-0.2, 0) is 6.42 Å². The molecule has 5 aromatic rings. The molecule has 0 aliphatic heterocycles. The number of benzene rings is 4. The highest BCUT2D eigenvalue weighted by molar-refractivity contribution is 5.81. The van der Waals surface area contributed by atoms with Gasteiger partial charge in [0.15, 0.2) is 0 Å². The van der Waals surface area contributed by atoms with Crippen LogP contribution in [0, 0.1) is 20.8 Å². The minimum atomic E-state index is 0.896. The van der Waals surface area contributed by atoms with Crippen LogP contribution in [0.4, 0.5) is 5.69 Å². The number of allylic oxidation sites excluding steroid dienone is 9. The first-order valence-corrected chi connectivity index (χ1v) is 21.2. The number of para-hydroxylation sites is 1. The number of unbranched alkanes of at least 4 members (excludes halogenated alkanes) is 1. The maximum absolute atomic E-state index is 4.50. The van der Waals surface area contributed by atoms with Gasteiger partial charge in [0.05, 0.1) is 11.4 Å². The Hall–Kier alpha value is -6.12. The fourth-order valence-corrected chi connectivity index (χ4v) is 5.62. The molecule has 310 valence electrons. The Balaban J connectivity index is 0.000000409. The van der Waals surface area contributed by atoms with Crippen LogP contribution in [0.3, 0.4) is 0 Å². The maximum Gasteiger partial charge on any atom is 0.0621 e. The lowest BCUT2D eigenvalue weighted by molar-refractivity contribution is 0.957. The standard InChI is InChI=1S/C20H25N.C17H13N.2C7H8.2C2H6.CH5N/c1-3-5-7-8-9-12-16-19(15-11-6-4-2)21-20-17-13-10-14-18-20;1-12-8-10-13(11-9-12)18-16-6-2-4-14(16)15-5-3-7-17(15)18;2*1-7-5-3-2-4-6-7;3*1-2/h3,5,7-11,13-18,21H,1,4,6,12H2,2H3;2,5-11H,4H2,1H3;2*2-6H,1H3;2*1-2H3;2H2,1H3/b7-5-,9-8-,15-11+,19-16+;;;;;;. The van der Waals surface area contributed by atoms with Gasteiger partial charge in [-0.2, -0.15) is 0 Å². The second-order valence-electron chi connectivity index (χ2n) is 12.8. The molecule has 0 saturated carbocycles. The Morgan fingerprint density at radius 2 is 1.25 bits per heavy atom. The third-order valence-corrected chi connectivity index (χ3v) is 8.39. The van der Waals surface area contributed by atoms with Crippen molar-refractivity contribution in [1.29, 1.82) is 0 Å². The van der Waals surface area contributed by atoms with Crippen LogP contribution in [0.1, 0.15) is 93.1 Å². The summed E-state index contributed by atoms with van der Waals surface area (Å²) in [4.78, 5) is 0. The molecular weight excluding hydrogens is 715 g/mol. The van der Waals surface area contributed by atoms with E-state index in [2.05, 4.69) is 165 Å². The van der Waals surface area contributed by atoms with Gasteiger partial charge in [0.25, 0.3) is 0 Å². The molecule has 1 heterocycles. The van der Waals surface area contributed by atoms with Crippen LogP contribution >= 0.6 is 0 Å². The van der Waals surface area contributed by atoms with Crippen molar-refractivity contribution in [2.24, 2.45) is 5.73 Å². The molecule has 59 heavy (non-hydrogen) atoms. The number of nitrogens with two attached hydrogens (primary N) is 1. The van der Waals surface area contributed by atoms with Gasteiger partial charge < -0.3 is 15.6 Å². The van der Waals surface area contributed by atoms with Crippen molar-refractivity contribution in [2.45, 2.75) is 81.1 Å². The smallest absolute Gasteiger partial charge is 0.0621 e. The molecular formula is C56H71N3. The Morgan fingerprint density at radius 3 is 1.78 bits per heavy atom. The Kier molecular flexibility index (Phi) is 28.4. The van der Waals surface area contributed by atoms with Crippen LogP contribution in [0.25, 0.3) is 23.9 Å². The quantitative estimate of drug-likeness (QED) is 0.107. The topological polar surface area (TPSA) is 43.0 Å². The third kappa shape index (κ3) is 19.7. The predicted octanol–water partition coefficient (Wildman–Crippen LogP) is 15.6. The van der Waals surface area contributed by atoms with Gasteiger partial charge in [-0.25, -0.2) is 0 Å². The molecule has 1 aromatic heterocycles. The normalized spacial score (nSPS) is 11.2. The number of fused-ring (bicyclic) bond motifs is 3. The van der Waals surface area contributed by atoms with E-state index in [1.807, 2.05) is 101 Å². The molecule has 3 nitrogen and oxygen atoms in total. The second kappa shape index (κ2) is 32.9. The minimum absolute atomic E-state index is 0.896. The summed E-state index contributed by atoms with van der Waals surface area (Å²) < 4.78 is 2.34. The summed E-state index contributed by atoms with van der Waals surface area (Å²) in [6.07, 6.45) is 29.3. The van der Waals surface area contributed by atoms with Crippen LogP contribution in [-0.4, -0.2) is 11.6 Å². The fraction of sp³-hybridized carbons (Fsp3) is 0.232. The van der Waals surface area contributed by atoms with E-state index in [-0.39, 0.29) is 0 Å². The average molecular weight is 786 g/mol. The first-order valence-electron chi connectivity index (χ1n) is 21.2. The van der Waals surface area contributed by atoms with Crippen molar-refractivity contribution in [2.75, 3.05) is 12.4 Å². The van der Waals surface area contributed by atoms with Gasteiger partial charge >= 0.3 is 0 Å². The molecule has 0 saturated heterocycles. The van der Waals surface area contributed by atoms with Crippen molar-refractivity contribution in [1.82, 2.24) is 4.57 Å². The zero-order valence-electron chi connectivity index (χ0n) is 37.5.